The number of aromatic nitrogens is 1. The molecule has 1 aliphatic carbocycles. The summed E-state index contributed by atoms with van der Waals surface area (Å²) < 4.78 is 6.14. The molecule has 7 rings (SSSR count). The molecule has 4 amide bonds. The zero-order valence-corrected chi connectivity index (χ0v) is 34.8. The Balaban J connectivity index is 0.948. The van der Waals surface area contributed by atoms with Crippen molar-refractivity contribution < 1.29 is 23.6 Å². The van der Waals surface area contributed by atoms with E-state index in [1.54, 1.807) is 28.1 Å². The van der Waals surface area contributed by atoms with Crippen LogP contribution in [-0.4, -0.2) is 103 Å². The van der Waals surface area contributed by atoms with Crippen LogP contribution in [0.4, 0.5) is 11.4 Å². The van der Waals surface area contributed by atoms with Crippen LogP contribution >= 0.6 is 0 Å². The van der Waals surface area contributed by atoms with Crippen molar-refractivity contribution in [3.05, 3.63) is 114 Å². The van der Waals surface area contributed by atoms with Gasteiger partial charge in [0, 0.05) is 61.8 Å². The van der Waals surface area contributed by atoms with Crippen LogP contribution in [0.2, 0.25) is 0 Å². The Labute approximate surface area is 357 Å². The molecule has 14 nitrogen and oxygen atoms in total. The second-order valence-electron chi connectivity index (χ2n) is 15.7. The predicted molar refractivity (Wildman–Crippen MR) is 237 cm³/mol. The molecule has 0 bridgehead atoms. The van der Waals surface area contributed by atoms with Gasteiger partial charge in [0.15, 0.2) is 5.76 Å². The van der Waals surface area contributed by atoms with Crippen LogP contribution in [0.15, 0.2) is 113 Å². The van der Waals surface area contributed by atoms with Gasteiger partial charge in [-0.05, 0) is 112 Å². The topological polar surface area (TPSA) is 187 Å². The number of likely N-dealkylation sites (tertiary alicyclic amines) is 2. The van der Waals surface area contributed by atoms with Gasteiger partial charge in [-0.1, -0.05) is 48.6 Å². The number of rotatable bonds is 17. The number of hydrogen-bond acceptors (Lipinski definition) is 10. The first-order valence-corrected chi connectivity index (χ1v) is 21.5. The van der Waals surface area contributed by atoms with Crippen LogP contribution in [0, 0.1) is 0 Å². The first kappa shape index (κ1) is 43.2. The Hall–Kier alpha value is -5.93. The van der Waals surface area contributed by atoms with E-state index < -0.39 is 24.2 Å². The molecule has 2 aliphatic heterocycles. The molecule has 1 aromatic heterocycles. The number of benzene rings is 3. The summed E-state index contributed by atoms with van der Waals surface area (Å²) in [5, 5.41) is 15.8. The normalized spacial score (nSPS) is 18.6. The van der Waals surface area contributed by atoms with Gasteiger partial charge in [0.25, 0.3) is 0 Å². The third-order valence-electron chi connectivity index (χ3n) is 11.5. The number of nitrogens with two attached hydrogens (primary N) is 1. The summed E-state index contributed by atoms with van der Waals surface area (Å²) in [7, 11) is 1.87. The van der Waals surface area contributed by atoms with Crippen LogP contribution in [0.5, 0.6) is 0 Å². The van der Waals surface area contributed by atoms with Gasteiger partial charge < -0.3 is 46.5 Å². The second kappa shape index (κ2) is 21.0. The van der Waals surface area contributed by atoms with Gasteiger partial charge in [-0.3, -0.25) is 19.2 Å². The molecule has 2 saturated heterocycles. The van der Waals surface area contributed by atoms with Gasteiger partial charge >= 0.3 is 0 Å². The number of hydrogen-bond donors (Lipinski definition) is 6. The quantitative estimate of drug-likeness (QED) is 0.0792. The summed E-state index contributed by atoms with van der Waals surface area (Å²) in [4.78, 5) is 62.9. The Morgan fingerprint density at radius 3 is 2.00 bits per heavy atom. The minimum absolute atomic E-state index is 0.105. The lowest BCUT2D eigenvalue weighted by Crippen LogP contribution is -2.56. The van der Waals surface area contributed by atoms with Gasteiger partial charge in [-0.15, -0.1) is 0 Å². The molecule has 4 atom stereocenters. The zero-order chi connectivity index (χ0) is 42.6. The van der Waals surface area contributed by atoms with Crippen LogP contribution < -0.4 is 32.3 Å². The van der Waals surface area contributed by atoms with E-state index in [1.165, 1.54) is 0 Å². The highest BCUT2D eigenvalue weighted by Crippen LogP contribution is 2.30. The number of amides is 4. The van der Waals surface area contributed by atoms with E-state index in [0.717, 1.165) is 54.4 Å². The molecule has 0 spiro atoms. The highest BCUT2D eigenvalue weighted by molar-refractivity contribution is 5.99. The number of carbonyl (C=O) groups excluding carboxylic acids is 4. The summed E-state index contributed by atoms with van der Waals surface area (Å²) >= 11 is 0. The number of allylic oxidation sites excluding steroid dienone is 2. The van der Waals surface area contributed by atoms with Gasteiger partial charge in [0.05, 0.1) is 6.20 Å². The van der Waals surface area contributed by atoms with Crippen molar-refractivity contribution in [2.45, 2.75) is 69.1 Å². The van der Waals surface area contributed by atoms with Crippen molar-refractivity contribution in [3.8, 4) is 22.8 Å². The van der Waals surface area contributed by atoms with Crippen molar-refractivity contribution in [2.24, 2.45) is 5.73 Å². The molecule has 2 fully saturated rings. The smallest absolute Gasteiger partial charge is 0.247 e. The third kappa shape index (κ3) is 10.7. The third-order valence-corrected chi connectivity index (χ3v) is 11.5. The molecule has 0 saturated carbocycles. The first-order chi connectivity index (χ1) is 29.8. The summed E-state index contributed by atoms with van der Waals surface area (Å²) in [6.07, 6.45) is 13.3. The number of piperidine rings is 1. The monoisotopic (exact) mass is 827 g/mol. The van der Waals surface area contributed by atoms with E-state index >= 15 is 0 Å². The van der Waals surface area contributed by atoms with Crippen molar-refractivity contribution >= 4 is 35.0 Å². The second-order valence-corrected chi connectivity index (χ2v) is 15.7. The number of anilines is 2. The Morgan fingerprint density at radius 1 is 0.738 bits per heavy atom. The predicted octanol–water partition coefficient (Wildman–Crippen LogP) is 5.00. The molecular weight excluding hydrogens is 771 g/mol. The van der Waals surface area contributed by atoms with E-state index in [9.17, 15) is 19.2 Å². The van der Waals surface area contributed by atoms with Gasteiger partial charge in [-0.2, -0.15) is 0 Å². The van der Waals surface area contributed by atoms with Crippen molar-refractivity contribution in [1.82, 2.24) is 30.7 Å². The molecule has 3 aliphatic rings. The average Bonchev–Trinajstić information content (AvgIpc) is 4.01. The van der Waals surface area contributed by atoms with Crippen molar-refractivity contribution in [1.29, 1.82) is 0 Å². The molecule has 61 heavy (non-hydrogen) atoms. The molecule has 4 unspecified atom stereocenters. The molecule has 4 aromatic rings. The average molecular weight is 828 g/mol. The lowest BCUT2D eigenvalue weighted by atomic mass is 9.95. The Morgan fingerprint density at radius 2 is 1.36 bits per heavy atom. The standard InChI is InChI=1S/C47H57N9O5/c1-49-27-28-51-42(34-13-6-3-7-14-34)47(60)56-30-10-16-39(56)44(58)53-36-21-17-32(18-22-36)40-31-52-45(61-40)35-19-23-37(24-20-35)54-43(57)38-15-8-9-29-55(38)46(59)41(50-26-25-48)33-11-4-2-5-12-33/h3-4,6-7,11-14,17-24,31,38-39,41-42,49-51H,2,5,8-10,15-16,25-30,48H2,1H3,(H,53,58)(H,54,57). The minimum Gasteiger partial charge on any atom is -0.436 e. The largest absolute Gasteiger partial charge is 0.436 e. The Bertz CT molecular complexity index is 2170. The summed E-state index contributed by atoms with van der Waals surface area (Å²) in [5.74, 6) is 0.311. The van der Waals surface area contributed by atoms with E-state index in [4.69, 9.17) is 10.2 Å². The maximum absolute atomic E-state index is 13.9. The highest BCUT2D eigenvalue weighted by Gasteiger charge is 2.38. The van der Waals surface area contributed by atoms with E-state index in [0.29, 0.717) is 75.1 Å². The molecule has 7 N–H and O–H groups in total. The van der Waals surface area contributed by atoms with Crippen LogP contribution in [0.1, 0.15) is 56.6 Å². The van der Waals surface area contributed by atoms with Crippen molar-refractivity contribution in [3.63, 3.8) is 0 Å². The van der Waals surface area contributed by atoms with Crippen LogP contribution in [0.25, 0.3) is 22.8 Å². The van der Waals surface area contributed by atoms with Crippen molar-refractivity contribution in [2.75, 3.05) is 56.9 Å². The summed E-state index contributed by atoms with van der Waals surface area (Å²) in [5.41, 5.74) is 10.3. The fraction of sp³-hybridized carbons (Fsp3) is 0.383. The maximum Gasteiger partial charge on any atom is 0.247 e. The summed E-state index contributed by atoms with van der Waals surface area (Å²) in [6, 6.07) is 22.0. The SMILES string of the molecule is CNCCNC(C(=O)N1CCCC1C(=O)Nc1ccc(-c2cnc(-c3ccc(NC(=O)C4CCCCN4C(=O)C(NCCN)C4=CCCC=C4)cc3)o2)cc1)c1ccccc1. The number of oxazole rings is 1. The zero-order valence-electron chi connectivity index (χ0n) is 34.8. The van der Waals surface area contributed by atoms with E-state index in [1.807, 2.05) is 79.9 Å². The number of nitrogens with one attached hydrogen (secondary N) is 5. The van der Waals surface area contributed by atoms with Gasteiger partial charge in [0.1, 0.15) is 24.2 Å². The maximum atomic E-state index is 13.9. The van der Waals surface area contributed by atoms with Gasteiger partial charge in [0.2, 0.25) is 29.5 Å². The fourth-order valence-corrected chi connectivity index (χ4v) is 8.27. The van der Waals surface area contributed by atoms with E-state index in [2.05, 4.69) is 43.7 Å². The fourth-order valence-electron chi connectivity index (χ4n) is 8.27. The lowest BCUT2D eigenvalue weighted by molar-refractivity contribution is -0.141. The minimum atomic E-state index is -0.583. The number of likely N-dealkylation sites (N-methyl/N-ethyl adjacent to an activating group) is 1. The molecule has 3 aromatic carbocycles. The molecule has 3 heterocycles. The van der Waals surface area contributed by atoms with Crippen LogP contribution in [-0.2, 0) is 19.2 Å². The van der Waals surface area contributed by atoms with E-state index in [-0.39, 0.29) is 23.6 Å². The Kier molecular flexibility index (Phi) is 14.9. The number of carbonyl (C=O) groups is 4. The molecular formula is C47H57N9O5. The van der Waals surface area contributed by atoms with Gasteiger partial charge in [-0.25, -0.2) is 4.98 Å². The van der Waals surface area contributed by atoms with Crippen LogP contribution in [0.3, 0.4) is 0 Å². The molecule has 0 radical (unpaired) electrons. The first-order valence-electron chi connectivity index (χ1n) is 21.5. The molecule has 14 heteroatoms. The highest BCUT2D eigenvalue weighted by atomic mass is 16.4. The number of nitrogens with zero attached hydrogens (tertiary/aromatic N) is 3. The summed E-state index contributed by atoms with van der Waals surface area (Å²) in [6.45, 7) is 3.25. The lowest BCUT2D eigenvalue weighted by Gasteiger charge is -2.37. The molecule has 320 valence electrons.